The zero-order valence-corrected chi connectivity index (χ0v) is 24.6. The molecule has 1 aromatic carbocycles. The van der Waals surface area contributed by atoms with Crippen molar-refractivity contribution in [3.63, 3.8) is 0 Å². The van der Waals surface area contributed by atoms with Crippen LogP contribution in [0.3, 0.4) is 0 Å². The maximum atomic E-state index is 13.5. The van der Waals surface area contributed by atoms with Gasteiger partial charge in [0.2, 0.25) is 5.82 Å². The highest BCUT2D eigenvalue weighted by molar-refractivity contribution is 9.10. The second kappa shape index (κ2) is 12.5. The van der Waals surface area contributed by atoms with Crippen molar-refractivity contribution < 1.29 is 18.7 Å². The summed E-state index contributed by atoms with van der Waals surface area (Å²) in [6.45, 7) is 6.03. The first-order valence-corrected chi connectivity index (χ1v) is 14.2. The van der Waals surface area contributed by atoms with Crippen LogP contribution in [0, 0.1) is 6.92 Å². The number of unbranched alkanes of at least 4 members (excludes halogenated alkanes) is 1. The van der Waals surface area contributed by atoms with Gasteiger partial charge in [0.25, 0.3) is 5.91 Å². The number of nitrogens with one attached hydrogen (secondary N) is 2. The summed E-state index contributed by atoms with van der Waals surface area (Å²) in [5, 5.41) is 17.4. The molecule has 0 spiro atoms. The lowest BCUT2D eigenvalue weighted by Crippen LogP contribution is -2.32. The summed E-state index contributed by atoms with van der Waals surface area (Å²) < 4.78 is 13.3. The first-order chi connectivity index (χ1) is 19.9. The Morgan fingerprint density at radius 2 is 1.93 bits per heavy atom. The number of nitrogens with zero attached hydrogens (tertiary/aromatic N) is 5. The molecule has 0 fully saturated rings. The molecule has 2 aliphatic rings. The lowest BCUT2D eigenvalue weighted by molar-refractivity contribution is -0.141. The van der Waals surface area contributed by atoms with Crippen LogP contribution in [0.25, 0.3) is 33.6 Å². The summed E-state index contributed by atoms with van der Waals surface area (Å²) in [4.78, 5) is 30.3. The maximum absolute atomic E-state index is 13.5. The fourth-order valence-electron chi connectivity index (χ4n) is 5.04. The van der Waals surface area contributed by atoms with Gasteiger partial charge in [-0.1, -0.05) is 37.6 Å². The molecule has 3 aromatic rings. The molecule has 41 heavy (non-hydrogen) atoms. The van der Waals surface area contributed by atoms with Gasteiger partial charge in [-0.2, -0.15) is 5.21 Å². The smallest absolute Gasteiger partial charge is 0.325 e. The minimum absolute atomic E-state index is 0.225. The van der Waals surface area contributed by atoms with Crippen molar-refractivity contribution >= 4 is 27.8 Å². The zero-order chi connectivity index (χ0) is 28.9. The third-order valence-corrected chi connectivity index (χ3v) is 7.68. The molecule has 2 aromatic heterocycles. The van der Waals surface area contributed by atoms with Crippen LogP contribution in [0.4, 0.5) is 0 Å². The molecule has 212 valence electrons. The van der Waals surface area contributed by atoms with Crippen molar-refractivity contribution in [1.29, 1.82) is 0 Å². The number of rotatable bonds is 11. The van der Waals surface area contributed by atoms with Gasteiger partial charge < -0.3 is 19.0 Å². The lowest BCUT2D eigenvalue weighted by atomic mass is 9.97. The number of H-pyrrole nitrogens is 1. The number of imidazole rings is 1. The van der Waals surface area contributed by atoms with Crippen molar-refractivity contribution in [2.24, 2.45) is 0 Å². The Morgan fingerprint density at radius 1 is 1.12 bits per heavy atom. The van der Waals surface area contributed by atoms with Crippen LogP contribution in [0.1, 0.15) is 54.3 Å². The molecule has 1 aliphatic heterocycles. The minimum atomic E-state index is -0.495. The van der Waals surface area contributed by atoms with Gasteiger partial charge in [0.1, 0.15) is 18.1 Å². The number of ether oxygens (including phenoxy) is 1. The standard InChI is InChI=1S/C29H30BrN7O4/c1-4-6-11-23-32-17(3)27(29(39)31-14-24(38)41-5-2)37(23)15-21-18-12-13-40-16-22(18)26(30)25(21)19-9-7-8-10-20(19)28-33-35-36-34-28/h7-10,12-13,16H,4-6,11,14-15H2,1-3H3,(H,31,39)(H,33,34,35,36). The second-order valence-electron chi connectivity index (χ2n) is 9.47. The average molecular weight is 621 g/mol. The normalized spacial score (nSPS) is 11.2. The molecule has 0 unspecified atom stereocenters. The molecule has 1 amide bonds. The summed E-state index contributed by atoms with van der Waals surface area (Å²) in [7, 11) is 0. The minimum Gasteiger partial charge on any atom is -0.472 e. The van der Waals surface area contributed by atoms with Crippen LogP contribution in [-0.4, -0.2) is 55.2 Å². The number of tetrazole rings is 1. The molecule has 1 aliphatic carbocycles. The number of halogens is 1. The van der Waals surface area contributed by atoms with E-state index in [0.717, 1.165) is 56.5 Å². The van der Waals surface area contributed by atoms with Gasteiger partial charge in [0.15, 0.2) is 0 Å². The number of fused-ring (bicyclic) bond motifs is 1. The van der Waals surface area contributed by atoms with Gasteiger partial charge in [0.05, 0.1) is 31.4 Å². The van der Waals surface area contributed by atoms with Crippen molar-refractivity contribution in [1.82, 2.24) is 35.5 Å². The number of aryl methyl sites for hydroxylation is 2. The molecule has 12 heteroatoms. The summed E-state index contributed by atoms with van der Waals surface area (Å²) in [6, 6.07) is 9.76. The van der Waals surface area contributed by atoms with E-state index in [0.29, 0.717) is 30.2 Å². The van der Waals surface area contributed by atoms with Crippen molar-refractivity contribution in [2.45, 2.75) is 46.6 Å². The number of amides is 1. The molecular weight excluding hydrogens is 590 g/mol. The van der Waals surface area contributed by atoms with E-state index in [1.165, 1.54) is 0 Å². The molecule has 0 saturated carbocycles. The Hall–Kier alpha value is -4.32. The summed E-state index contributed by atoms with van der Waals surface area (Å²) in [5.74, 6) is 0.388. The van der Waals surface area contributed by atoms with E-state index < -0.39 is 5.97 Å². The molecule has 5 rings (SSSR count). The lowest BCUT2D eigenvalue weighted by Gasteiger charge is -2.16. The van der Waals surface area contributed by atoms with E-state index in [4.69, 9.17) is 14.1 Å². The number of benzene rings is 1. The highest BCUT2D eigenvalue weighted by Gasteiger charge is 2.29. The number of carbonyl (C=O) groups excluding carboxylic acids is 2. The molecule has 11 nitrogen and oxygen atoms in total. The van der Waals surface area contributed by atoms with E-state index in [2.05, 4.69) is 48.8 Å². The molecule has 3 heterocycles. The Balaban J connectivity index is 1.66. The third-order valence-electron chi connectivity index (χ3n) is 6.86. The first-order valence-electron chi connectivity index (χ1n) is 13.4. The number of hydrogen-bond acceptors (Lipinski definition) is 8. The number of hydrogen-bond donors (Lipinski definition) is 2. The van der Waals surface area contributed by atoms with E-state index in [1.54, 1.807) is 19.5 Å². The molecule has 2 N–H and O–H groups in total. The molecule has 0 saturated heterocycles. The van der Waals surface area contributed by atoms with E-state index in [9.17, 15) is 9.59 Å². The van der Waals surface area contributed by atoms with Crippen molar-refractivity contribution in [3.05, 3.63) is 70.1 Å². The molecule has 0 radical (unpaired) electrons. The second-order valence-corrected chi connectivity index (χ2v) is 10.3. The van der Waals surface area contributed by atoms with Gasteiger partial charge in [-0.05, 0) is 64.2 Å². The predicted molar refractivity (Wildman–Crippen MR) is 155 cm³/mol. The predicted octanol–water partition coefficient (Wildman–Crippen LogP) is 5.18. The van der Waals surface area contributed by atoms with Crippen LogP contribution >= 0.6 is 15.9 Å². The average Bonchev–Trinajstić information content (AvgIpc) is 3.69. The van der Waals surface area contributed by atoms with Gasteiger partial charge in [-0.3, -0.25) is 9.59 Å². The van der Waals surface area contributed by atoms with Crippen LogP contribution in [-0.2, 0) is 22.5 Å². The SMILES string of the molecule is CCCCc1nc(C)c(C(=O)NCC(=O)OCC)n1Cc1c2ccocc-2c(Br)c1-c1ccccc1-c1nn[nH]n1. The molecule has 0 atom stereocenters. The van der Waals surface area contributed by atoms with Crippen LogP contribution in [0.5, 0.6) is 0 Å². The Morgan fingerprint density at radius 3 is 2.66 bits per heavy atom. The Kier molecular flexibility index (Phi) is 8.58. The number of esters is 1. The van der Waals surface area contributed by atoms with Crippen LogP contribution < -0.4 is 5.32 Å². The fraction of sp³-hybridized carbons (Fsp3) is 0.310. The van der Waals surface area contributed by atoms with Crippen molar-refractivity contribution in [3.8, 4) is 33.6 Å². The van der Waals surface area contributed by atoms with Gasteiger partial charge in [-0.15, -0.1) is 10.2 Å². The van der Waals surface area contributed by atoms with Crippen molar-refractivity contribution in [2.75, 3.05) is 13.2 Å². The summed E-state index contributed by atoms with van der Waals surface area (Å²) in [6.07, 6.45) is 5.93. The monoisotopic (exact) mass is 619 g/mol. The Labute approximate surface area is 245 Å². The van der Waals surface area contributed by atoms with Gasteiger partial charge in [-0.25, -0.2) is 4.98 Å². The van der Waals surface area contributed by atoms with Crippen LogP contribution in [0.2, 0.25) is 0 Å². The van der Waals surface area contributed by atoms with E-state index >= 15 is 0 Å². The molecule has 0 bridgehead atoms. The van der Waals surface area contributed by atoms with E-state index in [1.807, 2.05) is 41.8 Å². The van der Waals surface area contributed by atoms with Crippen LogP contribution in [0.15, 0.2) is 51.7 Å². The number of carbonyl (C=O) groups is 2. The topological polar surface area (TPSA) is 141 Å². The fourth-order valence-corrected chi connectivity index (χ4v) is 5.80. The number of aromatic amines is 1. The summed E-state index contributed by atoms with van der Waals surface area (Å²) >= 11 is 3.84. The quantitative estimate of drug-likeness (QED) is 0.193. The van der Waals surface area contributed by atoms with Gasteiger partial charge in [0, 0.05) is 27.6 Å². The Bertz CT molecular complexity index is 1640. The van der Waals surface area contributed by atoms with E-state index in [-0.39, 0.29) is 19.1 Å². The zero-order valence-electron chi connectivity index (χ0n) is 23.0. The van der Waals surface area contributed by atoms with Gasteiger partial charge >= 0.3 is 5.97 Å². The highest BCUT2D eigenvalue weighted by Crippen LogP contribution is 2.48. The largest absolute Gasteiger partial charge is 0.472 e. The highest BCUT2D eigenvalue weighted by atomic mass is 79.9. The molecular formula is C29H30BrN7O4. The summed E-state index contributed by atoms with van der Waals surface area (Å²) in [5.41, 5.74) is 6.44. The third kappa shape index (κ3) is 5.64. The maximum Gasteiger partial charge on any atom is 0.325 e. The first kappa shape index (κ1) is 28.2. The number of aromatic nitrogens is 6.